The molecule has 0 spiro atoms. The summed E-state index contributed by atoms with van der Waals surface area (Å²) in [4.78, 5) is 44.6. The number of esters is 4. The van der Waals surface area contributed by atoms with Gasteiger partial charge in [0.15, 0.2) is 0 Å². The van der Waals surface area contributed by atoms with E-state index in [1.165, 1.54) is 0 Å². The average Bonchev–Trinajstić information content (AvgIpc) is 2.49. The van der Waals surface area contributed by atoms with Crippen molar-refractivity contribution in [1.82, 2.24) is 0 Å². The van der Waals surface area contributed by atoms with E-state index in [9.17, 15) is 19.2 Å². The Morgan fingerprint density at radius 3 is 1.36 bits per heavy atom. The van der Waals surface area contributed by atoms with E-state index in [0.29, 0.717) is 0 Å². The molecular formula is C12H20N2O8. The van der Waals surface area contributed by atoms with E-state index in [4.69, 9.17) is 21.7 Å². The lowest BCUT2D eigenvalue weighted by molar-refractivity contribution is -0.163. The number of hydrogen-bond acceptors (Lipinski definition) is 10. The number of hydrogen-bond donors (Lipinski definition) is 4. The van der Waals surface area contributed by atoms with Crippen molar-refractivity contribution < 1.29 is 38.9 Å². The second-order valence-electron chi connectivity index (χ2n) is 4.37. The molecule has 0 aliphatic rings. The van der Waals surface area contributed by atoms with Gasteiger partial charge in [-0.25, -0.2) is 9.59 Å². The first-order valence-corrected chi connectivity index (χ1v) is 6.53. The van der Waals surface area contributed by atoms with Crippen LogP contribution in [0.25, 0.3) is 0 Å². The summed E-state index contributed by atoms with van der Waals surface area (Å²) in [5, 5.41) is 17.2. The predicted molar refractivity (Wildman–Crippen MR) is 70.8 cm³/mol. The van der Waals surface area contributed by atoms with E-state index in [-0.39, 0.29) is 25.7 Å². The molecule has 0 aromatic heterocycles. The molecule has 2 atom stereocenters. The highest BCUT2D eigenvalue weighted by molar-refractivity contribution is 5.89. The molecule has 0 saturated carbocycles. The van der Waals surface area contributed by atoms with Gasteiger partial charge in [0.25, 0.3) is 0 Å². The molecule has 126 valence electrons. The number of aliphatic hydroxyl groups is 2. The van der Waals surface area contributed by atoms with Gasteiger partial charge in [-0.1, -0.05) is 0 Å². The topological polar surface area (TPSA) is 179 Å². The lowest BCUT2D eigenvalue weighted by atomic mass is 10.2. The number of nitrogens with two attached hydrogens (primary N) is 2. The van der Waals surface area contributed by atoms with Crippen molar-refractivity contribution in [3.8, 4) is 0 Å². The number of aliphatic hydroxyl groups excluding tert-OH is 2. The summed E-state index contributed by atoms with van der Waals surface area (Å²) in [5.74, 6) is -3.73. The van der Waals surface area contributed by atoms with E-state index in [0.717, 1.165) is 0 Å². The quantitative estimate of drug-likeness (QED) is 0.199. The Morgan fingerprint density at radius 1 is 0.773 bits per heavy atom. The first-order valence-electron chi connectivity index (χ1n) is 6.53. The number of rotatable bonds is 9. The third-order valence-corrected chi connectivity index (χ3v) is 2.44. The third kappa shape index (κ3) is 8.42. The molecule has 0 bridgehead atoms. The van der Waals surface area contributed by atoms with Crippen molar-refractivity contribution in [1.29, 1.82) is 0 Å². The largest absolute Gasteiger partial charge is 0.394 e. The van der Waals surface area contributed by atoms with Crippen LogP contribution >= 0.6 is 0 Å². The van der Waals surface area contributed by atoms with Gasteiger partial charge >= 0.3 is 23.9 Å². The molecule has 0 aliphatic heterocycles. The lowest BCUT2D eigenvalue weighted by Crippen LogP contribution is -2.37. The fourth-order valence-electron chi connectivity index (χ4n) is 1.17. The van der Waals surface area contributed by atoms with Gasteiger partial charge in [0.2, 0.25) is 0 Å². The molecule has 0 amide bonds. The molecule has 0 fully saturated rings. The van der Waals surface area contributed by atoms with Crippen LogP contribution in [0.4, 0.5) is 0 Å². The van der Waals surface area contributed by atoms with Gasteiger partial charge in [0.1, 0.15) is 12.1 Å². The van der Waals surface area contributed by atoms with E-state index in [2.05, 4.69) is 9.47 Å². The van der Waals surface area contributed by atoms with Gasteiger partial charge in [-0.2, -0.15) is 0 Å². The fourth-order valence-corrected chi connectivity index (χ4v) is 1.17. The maximum Gasteiger partial charge on any atom is 0.332 e. The lowest BCUT2D eigenvalue weighted by Gasteiger charge is -2.08. The van der Waals surface area contributed by atoms with Crippen molar-refractivity contribution in [3.63, 3.8) is 0 Å². The second kappa shape index (κ2) is 10.8. The Bertz CT molecular complexity index is 374. The van der Waals surface area contributed by atoms with E-state index in [1.807, 2.05) is 0 Å². The second-order valence-corrected chi connectivity index (χ2v) is 4.37. The molecule has 0 heterocycles. The van der Waals surface area contributed by atoms with Crippen molar-refractivity contribution in [2.24, 2.45) is 11.5 Å². The van der Waals surface area contributed by atoms with Gasteiger partial charge in [-0.15, -0.1) is 0 Å². The summed E-state index contributed by atoms with van der Waals surface area (Å²) >= 11 is 0. The van der Waals surface area contributed by atoms with E-state index < -0.39 is 49.2 Å². The number of carbonyl (C=O) groups excluding carboxylic acids is 4. The van der Waals surface area contributed by atoms with Crippen molar-refractivity contribution in [3.05, 3.63) is 0 Å². The summed E-state index contributed by atoms with van der Waals surface area (Å²) in [6.45, 7) is -1.27. The van der Waals surface area contributed by atoms with Crippen LogP contribution in [-0.4, -0.2) is 59.4 Å². The summed E-state index contributed by atoms with van der Waals surface area (Å²) in [5.41, 5.74) is 10.3. The Balaban J connectivity index is 3.84. The Kier molecular flexibility index (Phi) is 9.87. The molecule has 0 radical (unpaired) electrons. The Hall–Kier alpha value is -1.88. The van der Waals surface area contributed by atoms with Crippen LogP contribution < -0.4 is 11.5 Å². The summed E-state index contributed by atoms with van der Waals surface area (Å²) < 4.78 is 8.69. The van der Waals surface area contributed by atoms with Crippen LogP contribution in [0.3, 0.4) is 0 Å². The third-order valence-electron chi connectivity index (χ3n) is 2.44. The molecule has 10 heteroatoms. The molecule has 10 nitrogen and oxygen atoms in total. The summed E-state index contributed by atoms with van der Waals surface area (Å²) in [6.07, 6.45) is 0.161. The van der Waals surface area contributed by atoms with Crippen molar-refractivity contribution in [2.75, 3.05) is 13.2 Å². The van der Waals surface area contributed by atoms with Gasteiger partial charge in [-0.05, 0) is 12.8 Å². The molecular weight excluding hydrogens is 300 g/mol. The maximum absolute atomic E-state index is 11.2. The predicted octanol–water partition coefficient (Wildman–Crippen LogP) is -2.67. The maximum atomic E-state index is 11.2. The van der Waals surface area contributed by atoms with Crippen LogP contribution in [0.2, 0.25) is 0 Å². The molecule has 0 saturated heterocycles. The van der Waals surface area contributed by atoms with Crippen LogP contribution in [0.1, 0.15) is 25.7 Å². The fraction of sp³-hybridized carbons (Fsp3) is 0.667. The average molecular weight is 320 g/mol. The highest BCUT2D eigenvalue weighted by Gasteiger charge is 2.19. The van der Waals surface area contributed by atoms with Crippen LogP contribution in [0, 0.1) is 0 Å². The highest BCUT2D eigenvalue weighted by Crippen LogP contribution is 2.04. The van der Waals surface area contributed by atoms with Gasteiger partial charge in [-0.3, -0.25) is 9.59 Å². The van der Waals surface area contributed by atoms with Gasteiger partial charge < -0.3 is 31.2 Å². The Labute approximate surface area is 126 Å². The molecule has 6 N–H and O–H groups in total. The van der Waals surface area contributed by atoms with Gasteiger partial charge in [0, 0.05) is 12.8 Å². The summed E-state index contributed by atoms with van der Waals surface area (Å²) in [7, 11) is 0. The monoisotopic (exact) mass is 320 g/mol. The molecule has 0 aromatic carbocycles. The Morgan fingerprint density at radius 2 is 1.09 bits per heavy atom. The van der Waals surface area contributed by atoms with Crippen molar-refractivity contribution >= 4 is 23.9 Å². The molecule has 0 aromatic rings. The van der Waals surface area contributed by atoms with Crippen molar-refractivity contribution in [2.45, 2.75) is 37.8 Å². The number of ether oxygens (including phenoxy) is 2. The minimum Gasteiger partial charge on any atom is -0.394 e. The molecule has 0 aliphatic carbocycles. The molecule has 0 rings (SSSR count). The number of carbonyl (C=O) groups is 4. The smallest absolute Gasteiger partial charge is 0.332 e. The first-order chi connectivity index (χ1) is 10.3. The minimum atomic E-state index is -1.28. The van der Waals surface area contributed by atoms with Crippen LogP contribution in [0.15, 0.2) is 0 Å². The normalized spacial score (nSPS) is 13.1. The minimum absolute atomic E-state index is 0.138. The SMILES string of the molecule is N[C@@H](CO)C(=O)OC(=O)CCCCC(=O)OC(=O)[C@@H](N)CO. The number of unbranched alkanes of at least 4 members (excludes halogenated alkanes) is 1. The standard InChI is InChI=1S/C12H20N2O8/c13-7(5-15)11(19)21-9(17)3-1-2-4-10(18)22-12(20)8(14)6-16/h7-8,15-16H,1-6,13-14H2/t7-,8-/m0/s1. The van der Waals surface area contributed by atoms with Crippen LogP contribution in [-0.2, 0) is 28.7 Å². The zero-order chi connectivity index (χ0) is 17.1. The van der Waals surface area contributed by atoms with Crippen LogP contribution in [0.5, 0.6) is 0 Å². The zero-order valence-electron chi connectivity index (χ0n) is 11.9. The first kappa shape index (κ1) is 20.1. The van der Waals surface area contributed by atoms with E-state index >= 15 is 0 Å². The summed E-state index contributed by atoms with van der Waals surface area (Å²) in [6, 6.07) is -2.55. The highest BCUT2D eigenvalue weighted by atomic mass is 16.6. The van der Waals surface area contributed by atoms with E-state index in [1.54, 1.807) is 0 Å². The molecule has 22 heavy (non-hydrogen) atoms. The van der Waals surface area contributed by atoms with Gasteiger partial charge in [0.05, 0.1) is 13.2 Å². The molecule has 0 unspecified atom stereocenters. The zero-order valence-corrected chi connectivity index (χ0v) is 11.9.